The number of benzene rings is 3. The van der Waals surface area contributed by atoms with Crippen LogP contribution in [0.15, 0.2) is 60.7 Å². The first-order valence-corrected chi connectivity index (χ1v) is 11.5. The number of rotatable bonds is 6. The summed E-state index contributed by atoms with van der Waals surface area (Å²) >= 11 is 0. The standard InChI is InChI=1S/C28H25F5N2O/c1-35-10-8-27(9-11-35,23-6-7-25(29)26(30)15-23)18-36-17-20-12-22(14-24(13-20)28(31,32)33)21-4-2-19(16-34)3-5-21/h2-7,12-15H,8-11,17-18H2,1H3. The largest absolute Gasteiger partial charge is 0.416 e. The summed E-state index contributed by atoms with van der Waals surface area (Å²) in [5.74, 6) is -1.86. The molecule has 0 atom stereocenters. The molecular weight excluding hydrogens is 475 g/mol. The smallest absolute Gasteiger partial charge is 0.376 e. The van der Waals surface area contributed by atoms with Gasteiger partial charge in [0.05, 0.1) is 30.4 Å². The highest BCUT2D eigenvalue weighted by molar-refractivity contribution is 5.66. The number of hydrogen-bond acceptors (Lipinski definition) is 3. The van der Waals surface area contributed by atoms with Gasteiger partial charge < -0.3 is 9.64 Å². The minimum atomic E-state index is -4.54. The molecule has 1 aliphatic rings. The van der Waals surface area contributed by atoms with Gasteiger partial charge in [0.2, 0.25) is 0 Å². The molecular formula is C28H25F5N2O. The van der Waals surface area contributed by atoms with Crippen molar-refractivity contribution < 1.29 is 26.7 Å². The molecule has 1 fully saturated rings. The fraction of sp³-hybridized carbons (Fsp3) is 0.321. The second-order valence-corrected chi connectivity index (χ2v) is 9.31. The van der Waals surface area contributed by atoms with Gasteiger partial charge in [-0.15, -0.1) is 0 Å². The van der Waals surface area contributed by atoms with Crippen LogP contribution < -0.4 is 0 Å². The molecule has 1 aliphatic heterocycles. The Hall–Kier alpha value is -3.28. The van der Waals surface area contributed by atoms with Gasteiger partial charge in [-0.3, -0.25) is 0 Å². The molecule has 1 heterocycles. The fourth-order valence-electron chi connectivity index (χ4n) is 4.60. The molecule has 0 unspecified atom stereocenters. The number of hydrogen-bond donors (Lipinski definition) is 0. The average molecular weight is 501 g/mol. The van der Waals surface area contributed by atoms with E-state index in [0.717, 1.165) is 31.3 Å². The van der Waals surface area contributed by atoms with E-state index in [2.05, 4.69) is 4.90 Å². The number of nitriles is 1. The van der Waals surface area contributed by atoms with E-state index in [1.807, 2.05) is 13.1 Å². The number of likely N-dealkylation sites (tertiary alicyclic amines) is 1. The molecule has 8 heteroatoms. The highest BCUT2D eigenvalue weighted by Gasteiger charge is 2.37. The number of ether oxygens (including phenoxy) is 1. The normalized spacial score (nSPS) is 16.0. The third-order valence-electron chi connectivity index (χ3n) is 6.79. The Bertz CT molecular complexity index is 1260. The van der Waals surface area contributed by atoms with Crippen molar-refractivity contribution in [3.63, 3.8) is 0 Å². The van der Waals surface area contributed by atoms with Crippen LogP contribution in [0.1, 0.15) is 35.1 Å². The monoisotopic (exact) mass is 500 g/mol. The van der Waals surface area contributed by atoms with Gasteiger partial charge in [-0.05, 0) is 97.7 Å². The molecule has 0 aliphatic carbocycles. The second-order valence-electron chi connectivity index (χ2n) is 9.31. The third-order valence-corrected chi connectivity index (χ3v) is 6.79. The SMILES string of the molecule is CN1CCC(COCc2cc(-c3ccc(C#N)cc3)cc(C(F)(F)F)c2)(c2ccc(F)c(F)c2)CC1. The van der Waals surface area contributed by atoms with Crippen LogP contribution in [0.4, 0.5) is 22.0 Å². The lowest BCUT2D eigenvalue weighted by atomic mass is 9.73. The van der Waals surface area contributed by atoms with Crippen molar-refractivity contribution in [1.82, 2.24) is 4.90 Å². The Balaban J connectivity index is 1.59. The molecule has 0 aromatic heterocycles. The van der Waals surface area contributed by atoms with E-state index in [9.17, 15) is 22.0 Å². The van der Waals surface area contributed by atoms with Crippen LogP contribution in [0.5, 0.6) is 0 Å². The minimum absolute atomic E-state index is 0.0749. The quantitative estimate of drug-likeness (QED) is 0.353. The zero-order chi connectivity index (χ0) is 25.9. The van der Waals surface area contributed by atoms with Gasteiger partial charge in [0.1, 0.15) is 0 Å². The predicted octanol–water partition coefficient (Wildman–Crippen LogP) is 6.70. The Morgan fingerprint density at radius 2 is 1.61 bits per heavy atom. The van der Waals surface area contributed by atoms with E-state index in [1.165, 1.54) is 6.07 Å². The summed E-state index contributed by atoms with van der Waals surface area (Å²) in [6.45, 7) is 1.55. The van der Waals surface area contributed by atoms with Gasteiger partial charge in [0.15, 0.2) is 11.6 Å². The maximum Gasteiger partial charge on any atom is 0.416 e. The molecule has 3 aromatic rings. The number of alkyl halides is 3. The summed E-state index contributed by atoms with van der Waals surface area (Å²) in [6, 6.07) is 15.9. The first kappa shape index (κ1) is 25.8. The highest BCUT2D eigenvalue weighted by Crippen LogP contribution is 2.37. The summed E-state index contributed by atoms with van der Waals surface area (Å²) in [6.07, 6.45) is -3.25. The fourth-order valence-corrected chi connectivity index (χ4v) is 4.60. The molecule has 0 amide bonds. The van der Waals surface area contributed by atoms with Crippen molar-refractivity contribution in [2.75, 3.05) is 26.7 Å². The van der Waals surface area contributed by atoms with E-state index < -0.39 is 28.8 Å². The van der Waals surface area contributed by atoms with Gasteiger partial charge in [-0.1, -0.05) is 18.2 Å². The zero-order valence-corrected chi connectivity index (χ0v) is 19.7. The highest BCUT2D eigenvalue weighted by atomic mass is 19.4. The van der Waals surface area contributed by atoms with E-state index in [1.54, 1.807) is 36.4 Å². The molecule has 0 saturated carbocycles. The average Bonchev–Trinajstić information content (AvgIpc) is 2.86. The van der Waals surface area contributed by atoms with Gasteiger partial charge >= 0.3 is 6.18 Å². The van der Waals surface area contributed by atoms with Crippen LogP contribution in [0, 0.1) is 23.0 Å². The van der Waals surface area contributed by atoms with Crippen LogP contribution in [0.2, 0.25) is 0 Å². The summed E-state index contributed by atoms with van der Waals surface area (Å²) in [7, 11) is 1.98. The summed E-state index contributed by atoms with van der Waals surface area (Å²) < 4.78 is 74.4. The van der Waals surface area contributed by atoms with Crippen LogP contribution in [0.25, 0.3) is 11.1 Å². The maximum atomic E-state index is 14.0. The summed E-state index contributed by atoms with van der Waals surface area (Å²) in [4.78, 5) is 2.13. The van der Waals surface area contributed by atoms with Gasteiger partial charge in [0, 0.05) is 5.41 Å². The van der Waals surface area contributed by atoms with Crippen molar-refractivity contribution in [1.29, 1.82) is 5.26 Å². The molecule has 0 bridgehead atoms. The van der Waals surface area contributed by atoms with Crippen LogP contribution in [-0.4, -0.2) is 31.6 Å². The first-order valence-electron chi connectivity index (χ1n) is 11.5. The molecule has 36 heavy (non-hydrogen) atoms. The number of piperidine rings is 1. The number of nitrogens with zero attached hydrogens (tertiary/aromatic N) is 2. The first-order chi connectivity index (χ1) is 17.1. The Morgan fingerprint density at radius 1 is 0.917 bits per heavy atom. The van der Waals surface area contributed by atoms with E-state index in [-0.39, 0.29) is 13.2 Å². The van der Waals surface area contributed by atoms with Gasteiger partial charge in [-0.2, -0.15) is 18.4 Å². The molecule has 0 radical (unpaired) electrons. The van der Waals surface area contributed by atoms with Gasteiger partial charge in [-0.25, -0.2) is 8.78 Å². The topological polar surface area (TPSA) is 36.3 Å². The summed E-state index contributed by atoms with van der Waals surface area (Å²) in [5, 5.41) is 8.99. The molecule has 3 aromatic carbocycles. The van der Waals surface area contributed by atoms with Crippen LogP contribution in [-0.2, 0) is 22.9 Å². The van der Waals surface area contributed by atoms with E-state index in [4.69, 9.17) is 10.00 Å². The van der Waals surface area contributed by atoms with E-state index >= 15 is 0 Å². The molecule has 3 nitrogen and oxygen atoms in total. The van der Waals surface area contributed by atoms with Crippen LogP contribution in [0.3, 0.4) is 0 Å². The van der Waals surface area contributed by atoms with Crippen molar-refractivity contribution in [3.8, 4) is 17.2 Å². The van der Waals surface area contributed by atoms with Crippen molar-refractivity contribution in [3.05, 3.63) is 94.6 Å². The Labute approximate surface area is 206 Å². The molecule has 4 rings (SSSR count). The lowest BCUT2D eigenvalue weighted by molar-refractivity contribution is -0.137. The lowest BCUT2D eigenvalue weighted by Gasteiger charge is -2.41. The van der Waals surface area contributed by atoms with Crippen molar-refractivity contribution >= 4 is 0 Å². The van der Waals surface area contributed by atoms with Gasteiger partial charge in [0.25, 0.3) is 0 Å². The minimum Gasteiger partial charge on any atom is -0.376 e. The molecule has 0 spiro atoms. The molecule has 1 saturated heterocycles. The molecule has 0 N–H and O–H groups in total. The zero-order valence-electron chi connectivity index (χ0n) is 19.7. The van der Waals surface area contributed by atoms with Crippen molar-refractivity contribution in [2.45, 2.75) is 31.0 Å². The lowest BCUT2D eigenvalue weighted by Crippen LogP contribution is -2.44. The summed E-state index contributed by atoms with van der Waals surface area (Å²) in [5.41, 5.74) is 0.929. The maximum absolute atomic E-state index is 14.0. The van der Waals surface area contributed by atoms with Crippen LogP contribution >= 0.6 is 0 Å². The predicted molar refractivity (Wildman–Crippen MR) is 126 cm³/mol. The Morgan fingerprint density at radius 3 is 2.22 bits per heavy atom. The Kier molecular flexibility index (Phi) is 7.43. The molecule has 188 valence electrons. The second kappa shape index (κ2) is 10.4. The van der Waals surface area contributed by atoms with Crippen molar-refractivity contribution in [2.24, 2.45) is 0 Å². The van der Waals surface area contributed by atoms with E-state index in [0.29, 0.717) is 40.7 Å². The third kappa shape index (κ3) is 5.75. The number of halogens is 5.